The maximum Gasteiger partial charge on any atom is 0.446 e. The summed E-state index contributed by atoms with van der Waals surface area (Å²) >= 11 is 16.6. The molecule has 0 atom stereocenters. The molecule has 0 radical (unpaired) electrons. The van der Waals surface area contributed by atoms with Crippen LogP contribution in [0.3, 0.4) is 0 Å². The topological polar surface area (TPSA) is 269 Å². The molecular formula is C34H25Br5N4O14S2. The number of hydrogen-bond donors (Lipinski definition) is 6. The summed E-state index contributed by atoms with van der Waals surface area (Å²) in [5.41, 5.74) is 1.04. The van der Waals surface area contributed by atoms with Gasteiger partial charge in [0.15, 0.2) is 17.2 Å². The number of benzene rings is 4. The first-order valence-electron chi connectivity index (χ1n) is 16.0. The molecule has 0 saturated carbocycles. The number of nitrogens with one attached hydrogen (secondary N) is 2. The van der Waals surface area contributed by atoms with Gasteiger partial charge < -0.3 is 38.9 Å². The molecule has 0 unspecified atom stereocenters. The molecular weight excluding hydrogens is 1150 g/mol. The minimum atomic E-state index is -5.06. The number of ether oxygens (including phenoxy) is 2. The van der Waals surface area contributed by atoms with E-state index in [1.807, 2.05) is 0 Å². The Morgan fingerprint density at radius 3 is 1.73 bits per heavy atom. The second-order valence-corrected chi connectivity index (χ2v) is 18.2. The molecule has 0 fully saturated rings. The van der Waals surface area contributed by atoms with Gasteiger partial charge in [-0.2, -0.15) is 16.8 Å². The Hall–Kier alpha value is -4.08. The quantitative estimate of drug-likeness (QED) is 0.0651. The molecule has 4 heterocycles. The van der Waals surface area contributed by atoms with Crippen molar-refractivity contribution < 1.29 is 63.8 Å². The summed E-state index contributed by atoms with van der Waals surface area (Å²) in [7, 11) is -10.1. The zero-order valence-electron chi connectivity index (χ0n) is 29.2. The first-order chi connectivity index (χ1) is 27.7. The molecule has 0 aliphatic carbocycles. The predicted octanol–water partition coefficient (Wildman–Crippen LogP) is 7.65. The zero-order chi connectivity index (χ0) is 43.2. The molecule has 8 rings (SSSR count). The fraction of sp³-hybridized carbons (Fsp3) is 0.118. The fourth-order valence-electron chi connectivity index (χ4n) is 5.18. The van der Waals surface area contributed by atoms with Gasteiger partial charge in [-0.1, -0.05) is 16.4 Å². The minimum Gasteiger partial charge on any atom is -0.452 e. The molecule has 25 heteroatoms. The lowest BCUT2D eigenvalue weighted by Gasteiger charge is -2.17. The van der Waals surface area contributed by atoms with Crippen molar-refractivity contribution in [2.45, 2.75) is 19.3 Å². The lowest BCUT2D eigenvalue weighted by molar-refractivity contribution is -0.115. The number of rotatable bonds is 4. The van der Waals surface area contributed by atoms with Crippen molar-refractivity contribution in [3.05, 3.63) is 105 Å². The summed E-state index contributed by atoms with van der Waals surface area (Å²) in [6.07, 6.45) is 2.39. The van der Waals surface area contributed by atoms with E-state index in [-0.39, 0.29) is 79.2 Å². The fourth-order valence-corrected chi connectivity index (χ4v) is 9.19. The molecule has 4 aliphatic rings. The van der Waals surface area contributed by atoms with Crippen LogP contribution in [0.25, 0.3) is 6.08 Å². The van der Waals surface area contributed by atoms with Crippen LogP contribution in [0.5, 0.6) is 34.5 Å². The van der Waals surface area contributed by atoms with E-state index < -0.39 is 44.1 Å². The predicted molar refractivity (Wildman–Crippen MR) is 229 cm³/mol. The SMILES string of the molecule is O=C1N/C=C/c2cc(Br)c(c(Br)c2)Oc2cc(cc(Br)c2OS(=O)(=O)O)CCNC(=O)/C(=N/O)Cc2ccc(c(Br)c2)Oc2cc(cc(Br)c2OS(=O)(=O)O)C/C1=N\O. The standard InChI is InChI=1S/C34H25Br5N4O14S2/c35-20-7-16-1-2-27(20)54-28-15-19(11-24(39)31(28)56-58(48,49)50)13-26(43-47)34(45)40-5-3-17-8-21(36)30(22(37)9-17)55-29-14-18(4-6-41-33(44)25(12-16)42-46)10-23(38)32(29)57-59(51,52)53/h1-3,5,7-11,14-15,46-47H,4,6,12-13H2,(H,40,45)(H,41,44)(H,48,49,50)(H,51,52,53)/b5-3+,42-25+,43-26+. The van der Waals surface area contributed by atoms with E-state index in [2.05, 4.69) is 101 Å². The summed E-state index contributed by atoms with van der Waals surface area (Å²) in [6, 6.07) is 13.2. The number of oxime groups is 2. The summed E-state index contributed by atoms with van der Waals surface area (Å²) in [5.74, 6) is -2.61. The van der Waals surface area contributed by atoms with Gasteiger partial charge in [-0.25, -0.2) is 0 Å². The van der Waals surface area contributed by atoms with Crippen LogP contribution in [0.2, 0.25) is 0 Å². The Balaban J connectivity index is 1.56. The molecule has 312 valence electrons. The van der Waals surface area contributed by atoms with Crippen molar-refractivity contribution in [3.8, 4) is 34.5 Å². The highest BCUT2D eigenvalue weighted by atomic mass is 79.9. The summed E-state index contributed by atoms with van der Waals surface area (Å²) in [6.45, 7) is -0.00208. The normalized spacial score (nSPS) is 16.3. The van der Waals surface area contributed by atoms with Gasteiger partial charge in [0.05, 0.1) is 22.4 Å². The third-order valence-electron chi connectivity index (χ3n) is 7.66. The van der Waals surface area contributed by atoms with Crippen LogP contribution in [-0.2, 0) is 49.6 Å². The van der Waals surface area contributed by atoms with Crippen LogP contribution in [0, 0.1) is 0 Å². The van der Waals surface area contributed by atoms with Gasteiger partial charge in [0.25, 0.3) is 11.8 Å². The molecule has 8 bridgehead atoms. The van der Waals surface area contributed by atoms with Crippen molar-refractivity contribution in [3.63, 3.8) is 0 Å². The van der Waals surface area contributed by atoms with Crippen LogP contribution in [0.15, 0.2) is 93.5 Å². The molecule has 2 amide bonds. The molecule has 0 spiro atoms. The molecule has 4 aromatic rings. The molecule has 6 N–H and O–H groups in total. The van der Waals surface area contributed by atoms with Gasteiger partial charge in [-0.3, -0.25) is 18.7 Å². The smallest absolute Gasteiger partial charge is 0.446 e. The molecule has 18 nitrogen and oxygen atoms in total. The number of carbonyl (C=O) groups is 2. The summed E-state index contributed by atoms with van der Waals surface area (Å²) in [4.78, 5) is 26.2. The lowest BCUT2D eigenvalue weighted by Crippen LogP contribution is -2.33. The van der Waals surface area contributed by atoms with Crippen molar-refractivity contribution in [1.82, 2.24) is 10.6 Å². The number of carbonyl (C=O) groups excluding carboxylic acids is 2. The highest BCUT2D eigenvalue weighted by Gasteiger charge is 2.24. The second kappa shape index (κ2) is 19.5. The van der Waals surface area contributed by atoms with Gasteiger partial charge in [-0.05, 0) is 163 Å². The second-order valence-electron chi connectivity index (χ2n) is 11.9. The van der Waals surface area contributed by atoms with Crippen LogP contribution < -0.4 is 28.5 Å². The van der Waals surface area contributed by atoms with Crippen LogP contribution in [-0.4, -0.2) is 66.1 Å². The zero-order valence-corrected chi connectivity index (χ0v) is 38.7. The number of hydrogen-bond acceptors (Lipinski definition) is 14. The first kappa shape index (κ1) is 46.0. The van der Waals surface area contributed by atoms with Gasteiger partial charge in [0.2, 0.25) is 11.5 Å². The minimum absolute atomic E-state index is 0.00208. The Morgan fingerprint density at radius 2 is 1.15 bits per heavy atom. The van der Waals surface area contributed by atoms with Crippen molar-refractivity contribution in [1.29, 1.82) is 0 Å². The van der Waals surface area contributed by atoms with Gasteiger partial charge in [0.1, 0.15) is 17.2 Å². The van der Waals surface area contributed by atoms with Crippen LogP contribution >= 0.6 is 79.6 Å². The van der Waals surface area contributed by atoms with Crippen molar-refractivity contribution in [2.75, 3.05) is 6.54 Å². The van der Waals surface area contributed by atoms with E-state index in [1.54, 1.807) is 12.1 Å². The lowest BCUT2D eigenvalue weighted by atomic mass is 10.1. The first-order valence-corrected chi connectivity index (χ1v) is 22.7. The molecule has 4 aliphatic heterocycles. The van der Waals surface area contributed by atoms with Crippen molar-refractivity contribution in [2.24, 2.45) is 10.3 Å². The van der Waals surface area contributed by atoms with Crippen LogP contribution in [0.1, 0.15) is 22.3 Å². The van der Waals surface area contributed by atoms with Gasteiger partial charge >= 0.3 is 20.8 Å². The number of amides is 2. The largest absolute Gasteiger partial charge is 0.452 e. The van der Waals surface area contributed by atoms with E-state index in [4.69, 9.17) is 17.8 Å². The van der Waals surface area contributed by atoms with Gasteiger partial charge in [-0.15, -0.1) is 0 Å². The third-order valence-corrected chi connectivity index (χ3v) is 11.4. The molecule has 0 saturated heterocycles. The third kappa shape index (κ3) is 12.7. The summed E-state index contributed by atoms with van der Waals surface area (Å²) < 4.78 is 88.6. The van der Waals surface area contributed by atoms with Crippen molar-refractivity contribution >= 4 is 130 Å². The van der Waals surface area contributed by atoms with E-state index >= 15 is 0 Å². The maximum absolute atomic E-state index is 13.1. The van der Waals surface area contributed by atoms with E-state index in [1.165, 1.54) is 54.7 Å². The average molecular weight is 1180 g/mol. The highest BCUT2D eigenvalue weighted by Crippen LogP contribution is 2.45. The van der Waals surface area contributed by atoms with E-state index in [9.17, 15) is 45.9 Å². The Bertz CT molecular complexity index is 2640. The maximum atomic E-state index is 13.1. The Labute approximate surface area is 377 Å². The molecule has 4 aromatic carbocycles. The summed E-state index contributed by atoms with van der Waals surface area (Å²) in [5, 5.41) is 30.9. The van der Waals surface area contributed by atoms with Gasteiger partial charge in [0, 0.05) is 25.6 Å². The Kier molecular flexibility index (Phi) is 15.2. The number of nitrogens with zero attached hydrogens (tertiary/aromatic N) is 2. The highest BCUT2D eigenvalue weighted by molar-refractivity contribution is 9.11. The van der Waals surface area contributed by atoms with Crippen LogP contribution in [0.4, 0.5) is 0 Å². The number of halogens is 5. The molecule has 59 heavy (non-hydrogen) atoms. The molecule has 0 aromatic heterocycles. The van der Waals surface area contributed by atoms with E-state index in [0.29, 0.717) is 25.6 Å². The van der Waals surface area contributed by atoms with E-state index in [0.717, 1.165) is 0 Å². The average Bonchev–Trinajstić information content (AvgIpc) is 3.13. The monoisotopic (exact) mass is 1170 g/mol. The Morgan fingerprint density at radius 1 is 0.627 bits per heavy atom.